The number of hydrogen-bond donors (Lipinski definition) is 1. The lowest BCUT2D eigenvalue weighted by Gasteiger charge is -2.45. The normalized spacial score (nSPS) is 18.8. The number of pyridine rings is 1. The molecule has 2 aliphatic heterocycles. The van der Waals surface area contributed by atoms with Gasteiger partial charge in [-0.3, -0.25) is 9.78 Å². The van der Waals surface area contributed by atoms with Crippen molar-refractivity contribution >= 4 is 22.9 Å². The van der Waals surface area contributed by atoms with Crippen LogP contribution in [0.4, 0.5) is 5.69 Å². The Kier molecular flexibility index (Phi) is 2.53. The smallest absolute Gasteiger partial charge is 0.265 e. The number of aromatic nitrogens is 1. The molecule has 1 N–H and O–H groups in total. The van der Waals surface area contributed by atoms with Crippen molar-refractivity contribution < 1.29 is 9.53 Å². The van der Waals surface area contributed by atoms with Gasteiger partial charge in [0.1, 0.15) is 22.8 Å². The molecular weight excluding hydrogens is 286 g/mol. The first kappa shape index (κ1) is 12.6. The molecule has 108 valence electrons. The molecule has 5 nitrogen and oxygen atoms in total. The Morgan fingerprint density at radius 2 is 2.10 bits per heavy atom. The molecule has 0 atom stereocenters. The highest BCUT2D eigenvalue weighted by atomic mass is 32.1. The van der Waals surface area contributed by atoms with Crippen LogP contribution >= 0.6 is 11.3 Å². The first-order chi connectivity index (χ1) is 10.1. The molecule has 2 aliphatic rings. The third kappa shape index (κ3) is 1.75. The molecule has 2 aromatic heterocycles. The van der Waals surface area contributed by atoms with E-state index in [1.807, 2.05) is 26.0 Å². The molecular formula is C15H15N3O2S. The van der Waals surface area contributed by atoms with Crippen LogP contribution < -0.4 is 15.0 Å². The van der Waals surface area contributed by atoms with Gasteiger partial charge in [-0.2, -0.15) is 0 Å². The lowest BCUT2D eigenvalue weighted by Crippen LogP contribution is -2.61. The minimum atomic E-state index is -0.390. The topological polar surface area (TPSA) is 54.5 Å². The summed E-state index contributed by atoms with van der Waals surface area (Å²) < 4.78 is 5.91. The number of thiophene rings is 1. The number of nitrogens with one attached hydrogen (secondary N) is 1. The van der Waals surface area contributed by atoms with E-state index in [9.17, 15) is 4.79 Å². The highest BCUT2D eigenvalue weighted by Gasteiger charge is 2.43. The zero-order chi connectivity index (χ0) is 14.6. The number of rotatable bonds is 1. The minimum absolute atomic E-state index is 0.0247. The molecule has 0 aromatic carbocycles. The lowest BCUT2D eigenvalue weighted by atomic mass is 10.1. The molecule has 0 radical (unpaired) electrons. The fraction of sp³-hybridized carbons (Fsp3) is 0.333. The number of amides is 1. The number of anilines is 1. The molecule has 4 heterocycles. The zero-order valence-corrected chi connectivity index (χ0v) is 12.7. The predicted molar refractivity (Wildman–Crippen MR) is 81.9 cm³/mol. The van der Waals surface area contributed by atoms with Gasteiger partial charge in [-0.15, -0.1) is 11.3 Å². The van der Waals surface area contributed by atoms with Crippen molar-refractivity contribution in [3.63, 3.8) is 0 Å². The second kappa shape index (κ2) is 4.21. The van der Waals surface area contributed by atoms with Crippen LogP contribution in [0.25, 0.3) is 10.4 Å². The average molecular weight is 301 g/mol. The zero-order valence-electron chi connectivity index (χ0n) is 11.8. The molecule has 0 bridgehead atoms. The molecule has 1 amide bonds. The van der Waals surface area contributed by atoms with E-state index in [0.29, 0.717) is 6.61 Å². The molecule has 4 rings (SSSR count). The summed E-state index contributed by atoms with van der Waals surface area (Å²) >= 11 is 1.49. The molecule has 0 saturated carbocycles. The van der Waals surface area contributed by atoms with E-state index in [1.165, 1.54) is 11.3 Å². The van der Waals surface area contributed by atoms with Crippen LogP contribution in [0.5, 0.6) is 5.75 Å². The quantitative estimate of drug-likeness (QED) is 0.879. The summed E-state index contributed by atoms with van der Waals surface area (Å²) in [4.78, 5) is 20.4. The van der Waals surface area contributed by atoms with Gasteiger partial charge in [0, 0.05) is 12.4 Å². The van der Waals surface area contributed by atoms with Crippen molar-refractivity contribution in [1.29, 1.82) is 0 Å². The molecule has 2 aromatic rings. The molecule has 0 aliphatic carbocycles. The van der Waals surface area contributed by atoms with Crippen LogP contribution in [0.2, 0.25) is 0 Å². The van der Waals surface area contributed by atoms with Crippen LogP contribution in [0, 0.1) is 0 Å². The Bertz CT molecular complexity index is 724. The Morgan fingerprint density at radius 1 is 1.33 bits per heavy atom. The van der Waals surface area contributed by atoms with Crippen LogP contribution in [0.1, 0.15) is 23.5 Å². The second-order valence-corrected chi connectivity index (χ2v) is 6.71. The summed E-state index contributed by atoms with van der Waals surface area (Å²) in [5.74, 6) is 0.804. The highest BCUT2D eigenvalue weighted by molar-refractivity contribution is 7.18. The van der Waals surface area contributed by atoms with Crippen LogP contribution in [-0.4, -0.2) is 29.7 Å². The van der Waals surface area contributed by atoms with Gasteiger partial charge in [-0.1, -0.05) is 0 Å². The number of carbonyl (C=O) groups is 1. The van der Waals surface area contributed by atoms with E-state index < -0.39 is 0 Å². The van der Waals surface area contributed by atoms with E-state index in [-0.39, 0.29) is 11.6 Å². The number of ether oxygens (including phenoxy) is 1. The fourth-order valence-corrected chi connectivity index (χ4v) is 4.10. The van der Waals surface area contributed by atoms with Crippen LogP contribution in [0.3, 0.4) is 0 Å². The van der Waals surface area contributed by atoms with E-state index in [4.69, 9.17) is 4.74 Å². The van der Waals surface area contributed by atoms with Crippen molar-refractivity contribution in [1.82, 2.24) is 10.3 Å². The second-order valence-electron chi connectivity index (χ2n) is 5.69. The molecule has 21 heavy (non-hydrogen) atoms. The van der Waals surface area contributed by atoms with E-state index in [1.54, 1.807) is 12.4 Å². The summed E-state index contributed by atoms with van der Waals surface area (Å²) in [5.41, 5.74) is 1.58. The van der Waals surface area contributed by atoms with Gasteiger partial charge in [0.15, 0.2) is 5.75 Å². The van der Waals surface area contributed by atoms with Crippen LogP contribution in [0.15, 0.2) is 24.5 Å². The van der Waals surface area contributed by atoms with Crippen molar-refractivity contribution in [2.45, 2.75) is 19.5 Å². The largest absolute Gasteiger partial charge is 0.488 e. The van der Waals surface area contributed by atoms with Gasteiger partial charge in [0.2, 0.25) is 0 Å². The fourth-order valence-electron chi connectivity index (χ4n) is 2.95. The van der Waals surface area contributed by atoms with Gasteiger partial charge in [0.05, 0.1) is 11.4 Å². The Hall–Kier alpha value is -2.08. The van der Waals surface area contributed by atoms with Gasteiger partial charge >= 0.3 is 0 Å². The lowest BCUT2D eigenvalue weighted by molar-refractivity contribution is 0.0895. The van der Waals surface area contributed by atoms with Crippen molar-refractivity contribution in [2.75, 3.05) is 18.1 Å². The third-order valence-electron chi connectivity index (χ3n) is 3.91. The van der Waals surface area contributed by atoms with Gasteiger partial charge in [-0.05, 0) is 31.5 Å². The maximum Gasteiger partial charge on any atom is 0.265 e. The number of nitrogens with zero attached hydrogens (tertiary/aromatic N) is 2. The summed E-state index contributed by atoms with van der Waals surface area (Å²) in [6, 6.07) is 3.89. The van der Waals surface area contributed by atoms with E-state index in [2.05, 4.69) is 15.2 Å². The van der Waals surface area contributed by atoms with E-state index >= 15 is 0 Å². The molecule has 6 heteroatoms. The summed E-state index contributed by atoms with van der Waals surface area (Å²) in [5, 5.41) is 3.07. The maximum atomic E-state index is 12.4. The van der Waals surface area contributed by atoms with E-state index in [0.717, 1.165) is 33.3 Å². The Morgan fingerprint density at radius 3 is 2.86 bits per heavy atom. The monoisotopic (exact) mass is 301 g/mol. The van der Waals surface area contributed by atoms with Gasteiger partial charge in [-0.25, -0.2) is 0 Å². The summed E-state index contributed by atoms with van der Waals surface area (Å²) in [7, 11) is 0. The molecule has 0 spiro atoms. The van der Waals surface area contributed by atoms with Crippen LogP contribution in [-0.2, 0) is 0 Å². The minimum Gasteiger partial charge on any atom is -0.488 e. The first-order valence-electron chi connectivity index (χ1n) is 6.88. The average Bonchev–Trinajstić information content (AvgIpc) is 2.86. The highest BCUT2D eigenvalue weighted by Crippen LogP contribution is 2.52. The molecule has 0 unspecified atom stereocenters. The standard InChI is InChI=1S/C15H15N3O2S/c1-15(2)17-14(19)13-10-11(20-8-7-18(10)15)12(21-13)9-3-5-16-6-4-9/h3-6H,7-8H2,1-2H3,(H,17,19). The summed E-state index contributed by atoms with van der Waals surface area (Å²) in [6.07, 6.45) is 3.51. The Labute approximate surface area is 126 Å². The SMILES string of the molecule is CC1(C)NC(=O)c2sc(-c3ccncc3)c3c2N1CCO3. The predicted octanol–water partition coefficient (Wildman–Crippen LogP) is 2.49. The van der Waals surface area contributed by atoms with Crippen molar-refractivity contribution in [2.24, 2.45) is 0 Å². The molecule has 0 fully saturated rings. The maximum absolute atomic E-state index is 12.4. The molecule has 0 saturated heterocycles. The Balaban J connectivity index is 1.96. The summed E-state index contributed by atoms with van der Waals surface area (Å²) in [6.45, 7) is 5.44. The number of carbonyl (C=O) groups excluding carboxylic acids is 1. The number of hydrogen-bond acceptors (Lipinski definition) is 5. The van der Waals surface area contributed by atoms with Crippen molar-refractivity contribution in [3.8, 4) is 16.2 Å². The van der Waals surface area contributed by atoms with Gasteiger partial charge < -0.3 is 15.0 Å². The van der Waals surface area contributed by atoms with Crippen molar-refractivity contribution in [3.05, 3.63) is 29.4 Å². The first-order valence-corrected chi connectivity index (χ1v) is 7.70. The third-order valence-corrected chi connectivity index (χ3v) is 5.12. The van der Waals surface area contributed by atoms with Gasteiger partial charge in [0.25, 0.3) is 5.91 Å².